The summed E-state index contributed by atoms with van der Waals surface area (Å²) in [6.45, 7) is 0. The summed E-state index contributed by atoms with van der Waals surface area (Å²) >= 11 is 0. The predicted molar refractivity (Wildman–Crippen MR) is 67.7 cm³/mol. The Morgan fingerprint density at radius 3 is 2.17 bits per heavy atom. The number of benzene rings is 2. The predicted octanol–water partition coefficient (Wildman–Crippen LogP) is 2.86. The Balaban J connectivity index is 2.18. The van der Waals surface area contributed by atoms with Crippen LogP contribution in [0.3, 0.4) is 0 Å². The van der Waals surface area contributed by atoms with Gasteiger partial charge in [0.15, 0.2) is 11.6 Å². The summed E-state index contributed by atoms with van der Waals surface area (Å²) in [6.07, 6.45) is 1.64. The van der Waals surface area contributed by atoms with Crippen molar-refractivity contribution in [3.8, 4) is 0 Å². The molecule has 0 spiro atoms. The molecule has 2 aromatic carbocycles. The Kier molecular flexibility index (Phi) is 1.61. The first-order valence-corrected chi connectivity index (χ1v) is 5.81. The van der Waals surface area contributed by atoms with Crippen LogP contribution in [0.5, 0.6) is 0 Å². The van der Waals surface area contributed by atoms with E-state index in [0.29, 0.717) is 16.7 Å². The Labute approximate surface area is 104 Å². The number of hydrogen-bond donors (Lipinski definition) is 0. The second-order valence-electron chi connectivity index (χ2n) is 4.53. The standard InChI is InChI=1S/C16H8O2/c17-14-8-13-9-4-1-2-5-10(9)16(18)12-7-3-6-11(14)15(12)13/h1-8H. The van der Waals surface area contributed by atoms with Crippen LogP contribution in [0, 0.1) is 0 Å². The van der Waals surface area contributed by atoms with E-state index in [1.165, 1.54) is 0 Å². The Bertz CT molecular complexity index is 766. The molecule has 2 nitrogen and oxygen atoms in total. The normalized spacial score (nSPS) is 15.2. The van der Waals surface area contributed by atoms with Gasteiger partial charge in [-0.1, -0.05) is 42.5 Å². The van der Waals surface area contributed by atoms with Crippen molar-refractivity contribution in [3.63, 3.8) is 0 Å². The zero-order valence-electron chi connectivity index (χ0n) is 9.44. The van der Waals surface area contributed by atoms with Crippen LogP contribution in [0.1, 0.15) is 37.4 Å². The van der Waals surface area contributed by atoms with E-state index >= 15 is 0 Å². The molecule has 0 N–H and O–H groups in total. The third kappa shape index (κ3) is 0.979. The van der Waals surface area contributed by atoms with E-state index in [-0.39, 0.29) is 11.6 Å². The molecule has 2 aliphatic carbocycles. The second-order valence-corrected chi connectivity index (χ2v) is 4.53. The molecule has 0 aromatic heterocycles. The van der Waals surface area contributed by atoms with E-state index in [9.17, 15) is 9.59 Å². The Hall–Kier alpha value is -2.48. The lowest BCUT2D eigenvalue weighted by molar-refractivity contribution is 0.103. The van der Waals surface area contributed by atoms with Crippen LogP contribution in [0.2, 0.25) is 0 Å². The van der Waals surface area contributed by atoms with Crippen molar-refractivity contribution < 1.29 is 9.59 Å². The lowest BCUT2D eigenvalue weighted by Gasteiger charge is -2.19. The largest absolute Gasteiger partial charge is 0.289 e. The maximum Gasteiger partial charge on any atom is 0.194 e. The molecule has 0 bridgehead atoms. The average Bonchev–Trinajstić information content (AvgIpc) is 2.75. The van der Waals surface area contributed by atoms with Crippen molar-refractivity contribution in [2.24, 2.45) is 0 Å². The van der Waals surface area contributed by atoms with E-state index in [2.05, 4.69) is 0 Å². The van der Waals surface area contributed by atoms with Crippen molar-refractivity contribution in [2.75, 3.05) is 0 Å². The van der Waals surface area contributed by atoms with E-state index in [0.717, 1.165) is 16.7 Å². The second kappa shape index (κ2) is 3.05. The van der Waals surface area contributed by atoms with Crippen LogP contribution in [0.4, 0.5) is 0 Å². The van der Waals surface area contributed by atoms with E-state index < -0.39 is 0 Å². The highest BCUT2D eigenvalue weighted by Gasteiger charge is 2.33. The van der Waals surface area contributed by atoms with Crippen molar-refractivity contribution in [1.29, 1.82) is 0 Å². The van der Waals surface area contributed by atoms with Crippen LogP contribution >= 0.6 is 0 Å². The molecule has 0 radical (unpaired) electrons. The summed E-state index contributed by atoms with van der Waals surface area (Å²) in [6, 6.07) is 12.8. The summed E-state index contributed by atoms with van der Waals surface area (Å²) in [4.78, 5) is 24.3. The molecule has 0 saturated carbocycles. The highest BCUT2D eigenvalue weighted by Crippen LogP contribution is 2.41. The minimum Gasteiger partial charge on any atom is -0.289 e. The lowest BCUT2D eigenvalue weighted by atomic mass is 9.82. The molecule has 0 heterocycles. The molecular formula is C16H8O2. The minimum atomic E-state index is -0.00801. The van der Waals surface area contributed by atoms with E-state index in [4.69, 9.17) is 0 Å². The average molecular weight is 232 g/mol. The topological polar surface area (TPSA) is 34.1 Å². The molecular weight excluding hydrogens is 224 g/mol. The summed E-state index contributed by atoms with van der Waals surface area (Å²) in [7, 11) is 0. The lowest BCUT2D eigenvalue weighted by Crippen LogP contribution is -2.14. The number of ketones is 2. The molecule has 84 valence electrons. The molecule has 2 heteroatoms. The van der Waals surface area contributed by atoms with Gasteiger partial charge in [0, 0.05) is 22.3 Å². The Morgan fingerprint density at radius 1 is 0.667 bits per heavy atom. The quantitative estimate of drug-likeness (QED) is 0.597. The van der Waals surface area contributed by atoms with Crippen molar-refractivity contribution in [3.05, 3.63) is 76.4 Å². The number of carbonyl (C=O) groups excluding carboxylic acids is 2. The van der Waals surface area contributed by atoms with Gasteiger partial charge in [0.1, 0.15) is 0 Å². The van der Waals surface area contributed by atoms with Gasteiger partial charge in [0.2, 0.25) is 0 Å². The van der Waals surface area contributed by atoms with Crippen LogP contribution in [0.15, 0.2) is 48.5 Å². The first-order chi connectivity index (χ1) is 8.77. The van der Waals surface area contributed by atoms with Gasteiger partial charge in [-0.3, -0.25) is 9.59 Å². The first-order valence-electron chi connectivity index (χ1n) is 5.81. The minimum absolute atomic E-state index is 0.00801. The number of carbonyl (C=O) groups is 2. The van der Waals surface area contributed by atoms with Gasteiger partial charge in [0.25, 0.3) is 0 Å². The number of rotatable bonds is 0. The van der Waals surface area contributed by atoms with Gasteiger partial charge >= 0.3 is 0 Å². The molecule has 4 rings (SSSR count). The van der Waals surface area contributed by atoms with Gasteiger partial charge < -0.3 is 0 Å². The van der Waals surface area contributed by atoms with Gasteiger partial charge in [-0.2, -0.15) is 0 Å². The van der Waals surface area contributed by atoms with Gasteiger partial charge in [-0.15, -0.1) is 0 Å². The molecule has 0 aliphatic heterocycles. The summed E-state index contributed by atoms with van der Waals surface area (Å²) in [5.41, 5.74) is 4.54. The highest BCUT2D eigenvalue weighted by molar-refractivity contribution is 6.28. The van der Waals surface area contributed by atoms with Crippen LogP contribution in [-0.4, -0.2) is 11.6 Å². The SMILES string of the molecule is O=C1C=C2c3ccccc3C(=O)c3cccc1c32. The third-order valence-corrected chi connectivity index (χ3v) is 3.58. The van der Waals surface area contributed by atoms with Crippen molar-refractivity contribution >= 4 is 17.1 Å². The van der Waals surface area contributed by atoms with Crippen LogP contribution in [-0.2, 0) is 0 Å². The van der Waals surface area contributed by atoms with Gasteiger partial charge in [0.05, 0.1) is 0 Å². The van der Waals surface area contributed by atoms with Crippen molar-refractivity contribution in [2.45, 2.75) is 0 Å². The summed E-state index contributed by atoms with van der Waals surface area (Å²) < 4.78 is 0. The molecule has 0 fully saturated rings. The van der Waals surface area contributed by atoms with E-state index in [1.54, 1.807) is 24.3 Å². The number of fused-ring (bicyclic) bond motifs is 2. The zero-order chi connectivity index (χ0) is 12.3. The Morgan fingerprint density at radius 2 is 1.33 bits per heavy atom. The fraction of sp³-hybridized carbons (Fsp3) is 0. The van der Waals surface area contributed by atoms with E-state index in [1.807, 2.05) is 24.3 Å². The summed E-state index contributed by atoms with van der Waals surface area (Å²) in [5, 5.41) is 0. The van der Waals surface area contributed by atoms with Crippen LogP contribution in [0.25, 0.3) is 5.57 Å². The fourth-order valence-corrected chi connectivity index (χ4v) is 2.79. The number of allylic oxidation sites excluding steroid dienone is 1. The number of hydrogen-bond acceptors (Lipinski definition) is 2. The van der Waals surface area contributed by atoms with Crippen molar-refractivity contribution in [1.82, 2.24) is 0 Å². The van der Waals surface area contributed by atoms with Gasteiger partial charge in [-0.05, 0) is 17.2 Å². The maximum atomic E-state index is 12.4. The molecule has 0 saturated heterocycles. The molecule has 2 aliphatic rings. The highest BCUT2D eigenvalue weighted by atomic mass is 16.1. The zero-order valence-corrected chi connectivity index (χ0v) is 9.44. The molecule has 2 aromatic rings. The maximum absolute atomic E-state index is 12.4. The first kappa shape index (κ1) is 9.54. The molecule has 18 heavy (non-hydrogen) atoms. The smallest absolute Gasteiger partial charge is 0.194 e. The summed E-state index contributed by atoms with van der Waals surface area (Å²) in [5.74, 6) is 0.000605. The monoisotopic (exact) mass is 232 g/mol. The molecule has 0 unspecified atom stereocenters. The van der Waals surface area contributed by atoms with Crippen LogP contribution < -0.4 is 0 Å². The van der Waals surface area contributed by atoms with Gasteiger partial charge in [-0.25, -0.2) is 0 Å². The third-order valence-electron chi connectivity index (χ3n) is 3.58. The molecule has 0 amide bonds. The fourth-order valence-electron chi connectivity index (χ4n) is 2.79. The molecule has 0 atom stereocenters.